The van der Waals surface area contributed by atoms with Crippen LogP contribution in [0.3, 0.4) is 0 Å². The lowest BCUT2D eigenvalue weighted by Crippen LogP contribution is -2.53. The first-order valence-electron chi connectivity index (χ1n) is 7.19. The molecule has 1 heterocycles. The van der Waals surface area contributed by atoms with Crippen LogP contribution in [0.4, 0.5) is 0 Å². The van der Waals surface area contributed by atoms with E-state index < -0.39 is 0 Å². The second kappa shape index (κ2) is 7.22. The first-order valence-corrected chi connectivity index (χ1v) is 7.19. The summed E-state index contributed by atoms with van der Waals surface area (Å²) in [5.74, 6) is 0.147. The number of carbonyl (C=O) groups is 1. The van der Waals surface area contributed by atoms with Crippen molar-refractivity contribution in [3.05, 3.63) is 0 Å². The monoisotopic (exact) mass is 270 g/mol. The number of carbonyl (C=O) groups excluding carboxylic acids is 1. The van der Waals surface area contributed by atoms with E-state index in [-0.39, 0.29) is 17.4 Å². The Bertz CT molecular complexity index is 285. The summed E-state index contributed by atoms with van der Waals surface area (Å²) in [6.45, 7) is 11.9. The third-order valence-corrected chi connectivity index (χ3v) is 3.56. The van der Waals surface area contributed by atoms with Crippen LogP contribution in [0.5, 0.6) is 0 Å². The first kappa shape index (κ1) is 16.4. The molecule has 0 aromatic carbocycles. The second-order valence-corrected chi connectivity index (χ2v) is 6.58. The molecule has 1 saturated heterocycles. The molecule has 1 amide bonds. The minimum absolute atomic E-state index is 0.0303. The summed E-state index contributed by atoms with van der Waals surface area (Å²) >= 11 is 0. The van der Waals surface area contributed by atoms with E-state index in [0.717, 1.165) is 39.3 Å². The topological polar surface area (TPSA) is 47.6 Å². The van der Waals surface area contributed by atoms with Gasteiger partial charge in [0.25, 0.3) is 0 Å². The number of piperazine rings is 1. The summed E-state index contributed by atoms with van der Waals surface area (Å²) in [5, 5.41) is 6.41. The Morgan fingerprint density at radius 2 is 1.95 bits per heavy atom. The Labute approximate surface area is 117 Å². The molecule has 0 aromatic rings. The highest BCUT2D eigenvalue weighted by Crippen LogP contribution is 2.14. The van der Waals surface area contributed by atoms with Gasteiger partial charge in [0.05, 0.1) is 6.04 Å². The largest absolute Gasteiger partial charge is 0.354 e. The van der Waals surface area contributed by atoms with Crippen LogP contribution >= 0.6 is 0 Å². The molecule has 0 radical (unpaired) electrons. The third-order valence-electron chi connectivity index (χ3n) is 3.56. The fraction of sp³-hybridized carbons (Fsp3) is 0.929. The predicted molar refractivity (Wildman–Crippen MR) is 79.2 cm³/mol. The number of hydrogen-bond donors (Lipinski definition) is 2. The fourth-order valence-corrected chi connectivity index (χ4v) is 2.62. The SMILES string of the molecule is CC(C(=O)NCC(C)(C)CN(C)C)N1CCNCC1. The molecular formula is C14H30N4O. The van der Waals surface area contributed by atoms with Gasteiger partial charge in [0.15, 0.2) is 0 Å². The summed E-state index contributed by atoms with van der Waals surface area (Å²) in [4.78, 5) is 16.6. The molecule has 0 spiro atoms. The van der Waals surface area contributed by atoms with Crippen molar-refractivity contribution in [2.45, 2.75) is 26.8 Å². The number of nitrogens with zero attached hydrogens (tertiary/aromatic N) is 2. The summed E-state index contributed by atoms with van der Waals surface area (Å²) in [6, 6.07) is -0.0303. The van der Waals surface area contributed by atoms with E-state index in [9.17, 15) is 4.79 Å². The van der Waals surface area contributed by atoms with Crippen molar-refractivity contribution >= 4 is 5.91 Å². The Kier molecular flexibility index (Phi) is 6.23. The van der Waals surface area contributed by atoms with Crippen LogP contribution in [0.15, 0.2) is 0 Å². The molecule has 0 saturated carbocycles. The minimum Gasteiger partial charge on any atom is -0.354 e. The van der Waals surface area contributed by atoms with Crippen molar-refractivity contribution in [2.24, 2.45) is 5.41 Å². The average molecular weight is 270 g/mol. The first-order chi connectivity index (χ1) is 8.82. The normalized spacial score (nSPS) is 19.5. The maximum atomic E-state index is 12.2. The van der Waals surface area contributed by atoms with Crippen LogP contribution in [0.25, 0.3) is 0 Å². The Morgan fingerprint density at radius 1 is 1.37 bits per heavy atom. The van der Waals surface area contributed by atoms with Gasteiger partial charge in [0.1, 0.15) is 0 Å². The Hall–Kier alpha value is -0.650. The quantitative estimate of drug-likeness (QED) is 0.712. The van der Waals surface area contributed by atoms with Gasteiger partial charge in [0.2, 0.25) is 5.91 Å². The van der Waals surface area contributed by atoms with E-state index in [1.54, 1.807) is 0 Å². The van der Waals surface area contributed by atoms with E-state index in [4.69, 9.17) is 0 Å². The zero-order valence-corrected chi connectivity index (χ0v) is 13.1. The van der Waals surface area contributed by atoms with Gasteiger partial charge in [-0.25, -0.2) is 0 Å². The molecule has 2 N–H and O–H groups in total. The van der Waals surface area contributed by atoms with Gasteiger partial charge < -0.3 is 15.5 Å². The lowest BCUT2D eigenvalue weighted by atomic mass is 9.93. The van der Waals surface area contributed by atoms with Gasteiger partial charge >= 0.3 is 0 Å². The molecule has 1 aliphatic heterocycles. The molecule has 5 heteroatoms. The average Bonchev–Trinajstić information content (AvgIpc) is 2.34. The van der Waals surface area contributed by atoms with Gasteiger partial charge in [0, 0.05) is 39.3 Å². The summed E-state index contributed by atoms with van der Waals surface area (Å²) in [6.07, 6.45) is 0. The van der Waals surface area contributed by atoms with E-state index in [1.807, 2.05) is 6.92 Å². The molecule has 5 nitrogen and oxygen atoms in total. The molecular weight excluding hydrogens is 240 g/mol. The van der Waals surface area contributed by atoms with Crippen LogP contribution in [-0.4, -0.2) is 75.1 Å². The summed E-state index contributed by atoms with van der Waals surface area (Å²) in [5.41, 5.74) is 0.0995. The number of nitrogens with one attached hydrogen (secondary N) is 2. The molecule has 112 valence electrons. The summed E-state index contributed by atoms with van der Waals surface area (Å²) < 4.78 is 0. The standard InChI is InChI=1S/C14H30N4O/c1-12(18-8-6-15-7-9-18)13(19)16-10-14(2,3)11-17(4)5/h12,15H,6-11H2,1-5H3,(H,16,19). The molecule has 1 aliphatic rings. The fourth-order valence-electron chi connectivity index (χ4n) is 2.62. The van der Waals surface area contributed by atoms with Crippen LogP contribution in [-0.2, 0) is 4.79 Å². The molecule has 1 atom stereocenters. The third kappa shape index (κ3) is 5.89. The number of rotatable bonds is 6. The highest BCUT2D eigenvalue weighted by molar-refractivity contribution is 5.81. The molecule has 0 aliphatic carbocycles. The van der Waals surface area contributed by atoms with Crippen LogP contribution in [0, 0.1) is 5.41 Å². The molecule has 1 rings (SSSR count). The summed E-state index contributed by atoms with van der Waals surface area (Å²) in [7, 11) is 4.12. The second-order valence-electron chi connectivity index (χ2n) is 6.58. The van der Waals surface area contributed by atoms with E-state index in [2.05, 4.69) is 48.4 Å². The van der Waals surface area contributed by atoms with Crippen LogP contribution in [0.2, 0.25) is 0 Å². The highest BCUT2D eigenvalue weighted by Gasteiger charge is 2.25. The van der Waals surface area contributed by atoms with Crippen LogP contribution < -0.4 is 10.6 Å². The highest BCUT2D eigenvalue weighted by atomic mass is 16.2. The van der Waals surface area contributed by atoms with Gasteiger partial charge in [-0.2, -0.15) is 0 Å². The molecule has 1 fully saturated rings. The predicted octanol–water partition coefficient (Wildman–Crippen LogP) is -0.0159. The molecule has 0 aromatic heterocycles. The van der Waals surface area contributed by atoms with E-state index >= 15 is 0 Å². The van der Waals surface area contributed by atoms with Crippen molar-refractivity contribution in [2.75, 3.05) is 53.4 Å². The zero-order chi connectivity index (χ0) is 14.5. The maximum Gasteiger partial charge on any atom is 0.237 e. The van der Waals surface area contributed by atoms with E-state index in [1.165, 1.54) is 0 Å². The lowest BCUT2D eigenvalue weighted by molar-refractivity contribution is -0.126. The zero-order valence-electron chi connectivity index (χ0n) is 13.1. The maximum absolute atomic E-state index is 12.2. The van der Waals surface area contributed by atoms with Crippen molar-refractivity contribution in [3.8, 4) is 0 Å². The molecule has 1 unspecified atom stereocenters. The van der Waals surface area contributed by atoms with Crippen molar-refractivity contribution in [3.63, 3.8) is 0 Å². The Balaban J connectivity index is 2.37. The van der Waals surface area contributed by atoms with Gasteiger partial charge in [-0.15, -0.1) is 0 Å². The van der Waals surface area contributed by atoms with Gasteiger partial charge in [-0.1, -0.05) is 13.8 Å². The number of hydrogen-bond acceptors (Lipinski definition) is 4. The van der Waals surface area contributed by atoms with E-state index in [0.29, 0.717) is 0 Å². The van der Waals surface area contributed by atoms with Gasteiger partial charge in [-0.05, 0) is 26.4 Å². The lowest BCUT2D eigenvalue weighted by Gasteiger charge is -2.33. The Morgan fingerprint density at radius 3 is 2.47 bits per heavy atom. The van der Waals surface area contributed by atoms with Crippen LogP contribution in [0.1, 0.15) is 20.8 Å². The molecule has 0 bridgehead atoms. The van der Waals surface area contributed by atoms with Crippen molar-refractivity contribution in [1.29, 1.82) is 0 Å². The minimum atomic E-state index is -0.0303. The van der Waals surface area contributed by atoms with Gasteiger partial charge in [-0.3, -0.25) is 9.69 Å². The van der Waals surface area contributed by atoms with Crippen molar-refractivity contribution in [1.82, 2.24) is 20.4 Å². The number of amides is 1. The molecule has 19 heavy (non-hydrogen) atoms. The van der Waals surface area contributed by atoms with Crippen molar-refractivity contribution < 1.29 is 4.79 Å². The smallest absolute Gasteiger partial charge is 0.237 e.